The Bertz CT molecular complexity index is 454. The third-order valence-electron chi connectivity index (χ3n) is 3.19. The average Bonchev–Trinajstić information content (AvgIpc) is 2.81. The van der Waals surface area contributed by atoms with E-state index in [2.05, 4.69) is 18.3 Å². The number of methoxy groups -OCH3 is 1. The van der Waals surface area contributed by atoms with Gasteiger partial charge in [0, 0.05) is 6.54 Å². The minimum atomic E-state index is 0.219. The smallest absolute Gasteiger partial charge is 0.143 e. The summed E-state index contributed by atoms with van der Waals surface area (Å²) in [4.78, 5) is 0. The van der Waals surface area contributed by atoms with Crippen molar-refractivity contribution in [3.05, 3.63) is 23.8 Å². The number of rotatable bonds is 4. The summed E-state index contributed by atoms with van der Waals surface area (Å²) in [6.45, 7) is 2.79. The fourth-order valence-electron chi connectivity index (χ4n) is 2.23. The lowest BCUT2D eigenvalue weighted by Crippen LogP contribution is -2.20. The van der Waals surface area contributed by atoms with Crippen molar-refractivity contribution in [1.29, 1.82) is 5.26 Å². The molecule has 1 heterocycles. The van der Waals surface area contributed by atoms with E-state index in [9.17, 15) is 0 Å². The average molecular weight is 246 g/mol. The van der Waals surface area contributed by atoms with Crippen LogP contribution in [-0.2, 0) is 4.74 Å². The molecule has 18 heavy (non-hydrogen) atoms. The molecule has 1 aromatic rings. The van der Waals surface area contributed by atoms with Crippen molar-refractivity contribution in [2.24, 2.45) is 0 Å². The van der Waals surface area contributed by atoms with Crippen LogP contribution in [-0.4, -0.2) is 25.9 Å². The molecule has 1 aliphatic rings. The Morgan fingerprint density at radius 3 is 2.94 bits per heavy atom. The Labute approximate surface area is 108 Å². The molecule has 1 aliphatic heterocycles. The Hall–Kier alpha value is -1.73. The molecule has 2 unspecified atom stereocenters. The monoisotopic (exact) mass is 246 g/mol. The molecule has 4 nitrogen and oxygen atoms in total. The molecule has 1 fully saturated rings. The zero-order valence-electron chi connectivity index (χ0n) is 10.8. The molecule has 0 aromatic heterocycles. The van der Waals surface area contributed by atoms with Crippen LogP contribution in [0.4, 0.5) is 5.69 Å². The van der Waals surface area contributed by atoms with Crippen molar-refractivity contribution in [2.45, 2.75) is 32.0 Å². The van der Waals surface area contributed by atoms with Crippen molar-refractivity contribution < 1.29 is 9.47 Å². The summed E-state index contributed by atoms with van der Waals surface area (Å²) in [5.74, 6) is 0.695. The van der Waals surface area contributed by atoms with Crippen molar-refractivity contribution in [3.8, 4) is 11.8 Å². The fourth-order valence-corrected chi connectivity index (χ4v) is 2.23. The second-order valence-electron chi connectivity index (χ2n) is 4.52. The first-order chi connectivity index (χ1) is 8.74. The van der Waals surface area contributed by atoms with Gasteiger partial charge in [0.15, 0.2) is 0 Å². The van der Waals surface area contributed by atoms with Crippen molar-refractivity contribution >= 4 is 5.69 Å². The van der Waals surface area contributed by atoms with Crippen LogP contribution in [0.25, 0.3) is 0 Å². The quantitative estimate of drug-likeness (QED) is 0.887. The molecule has 4 heteroatoms. The topological polar surface area (TPSA) is 54.3 Å². The number of nitriles is 1. The molecule has 0 bridgehead atoms. The van der Waals surface area contributed by atoms with Gasteiger partial charge in [-0.2, -0.15) is 5.26 Å². The lowest BCUT2D eigenvalue weighted by atomic mass is 10.1. The first kappa shape index (κ1) is 12.7. The molecule has 1 saturated heterocycles. The summed E-state index contributed by atoms with van der Waals surface area (Å²) in [5, 5.41) is 12.4. The van der Waals surface area contributed by atoms with Gasteiger partial charge in [-0.05, 0) is 31.9 Å². The van der Waals surface area contributed by atoms with E-state index in [1.165, 1.54) is 0 Å². The number of nitrogens with zero attached hydrogens (tertiary/aromatic N) is 1. The van der Waals surface area contributed by atoms with Crippen LogP contribution >= 0.6 is 0 Å². The van der Waals surface area contributed by atoms with E-state index in [1.807, 2.05) is 12.1 Å². The highest BCUT2D eigenvalue weighted by molar-refractivity contribution is 5.66. The van der Waals surface area contributed by atoms with Gasteiger partial charge in [-0.3, -0.25) is 0 Å². The van der Waals surface area contributed by atoms with E-state index in [1.54, 1.807) is 13.2 Å². The van der Waals surface area contributed by atoms with Gasteiger partial charge in [0.2, 0.25) is 0 Å². The first-order valence-electron chi connectivity index (χ1n) is 6.21. The van der Waals surface area contributed by atoms with Gasteiger partial charge in [0.05, 0.1) is 30.6 Å². The summed E-state index contributed by atoms with van der Waals surface area (Å²) >= 11 is 0. The van der Waals surface area contributed by atoms with E-state index in [4.69, 9.17) is 14.7 Å². The van der Waals surface area contributed by atoms with E-state index in [0.29, 0.717) is 24.0 Å². The van der Waals surface area contributed by atoms with Crippen LogP contribution < -0.4 is 10.1 Å². The summed E-state index contributed by atoms with van der Waals surface area (Å²) in [7, 11) is 1.61. The lowest BCUT2D eigenvalue weighted by molar-refractivity contribution is 0.0636. The third kappa shape index (κ3) is 2.74. The van der Waals surface area contributed by atoms with E-state index >= 15 is 0 Å². The third-order valence-corrected chi connectivity index (χ3v) is 3.19. The van der Waals surface area contributed by atoms with Crippen LogP contribution in [0, 0.1) is 11.3 Å². The van der Waals surface area contributed by atoms with Gasteiger partial charge in [-0.25, -0.2) is 0 Å². The molecule has 0 radical (unpaired) electrons. The number of para-hydroxylation sites is 1. The van der Waals surface area contributed by atoms with E-state index in [0.717, 1.165) is 18.5 Å². The summed E-state index contributed by atoms with van der Waals surface area (Å²) in [6, 6.07) is 7.62. The maximum absolute atomic E-state index is 9.10. The van der Waals surface area contributed by atoms with Crippen molar-refractivity contribution in [2.75, 3.05) is 19.0 Å². The molecule has 2 rings (SSSR count). The number of hydrogen-bond donors (Lipinski definition) is 1. The summed E-state index contributed by atoms with van der Waals surface area (Å²) < 4.78 is 11.0. The fraction of sp³-hybridized carbons (Fsp3) is 0.500. The number of nitrogens with one attached hydrogen (secondary N) is 1. The molecule has 2 atom stereocenters. The van der Waals surface area contributed by atoms with Gasteiger partial charge >= 0.3 is 0 Å². The minimum Gasteiger partial charge on any atom is -0.495 e. The van der Waals surface area contributed by atoms with Crippen LogP contribution in [0.15, 0.2) is 18.2 Å². The zero-order chi connectivity index (χ0) is 13.0. The molecule has 96 valence electrons. The molecular formula is C14H18N2O2. The lowest BCUT2D eigenvalue weighted by Gasteiger charge is -2.16. The Morgan fingerprint density at radius 2 is 2.33 bits per heavy atom. The van der Waals surface area contributed by atoms with Crippen molar-refractivity contribution in [1.82, 2.24) is 0 Å². The van der Waals surface area contributed by atoms with Crippen molar-refractivity contribution in [3.63, 3.8) is 0 Å². The molecule has 0 saturated carbocycles. The zero-order valence-corrected chi connectivity index (χ0v) is 10.8. The largest absolute Gasteiger partial charge is 0.495 e. The number of ether oxygens (including phenoxy) is 2. The molecular weight excluding hydrogens is 228 g/mol. The summed E-state index contributed by atoms with van der Waals surface area (Å²) in [6.07, 6.45) is 2.72. The second kappa shape index (κ2) is 5.74. The molecule has 1 aromatic carbocycles. The van der Waals surface area contributed by atoms with Crippen LogP contribution in [0.2, 0.25) is 0 Å². The summed E-state index contributed by atoms with van der Waals surface area (Å²) in [5.41, 5.74) is 1.35. The SMILES string of the molecule is COc1cccc(C#N)c1NCC1CCC(C)O1. The first-order valence-corrected chi connectivity index (χ1v) is 6.21. The van der Waals surface area contributed by atoms with Crippen LogP contribution in [0.5, 0.6) is 5.75 Å². The maximum atomic E-state index is 9.10. The number of hydrogen-bond acceptors (Lipinski definition) is 4. The van der Waals surface area contributed by atoms with E-state index < -0.39 is 0 Å². The van der Waals surface area contributed by atoms with Crippen LogP contribution in [0.3, 0.4) is 0 Å². The molecule has 0 amide bonds. The Kier molecular flexibility index (Phi) is 4.06. The highest BCUT2D eigenvalue weighted by Gasteiger charge is 2.22. The Morgan fingerprint density at radius 1 is 1.50 bits per heavy atom. The number of benzene rings is 1. The highest BCUT2D eigenvalue weighted by atomic mass is 16.5. The minimum absolute atomic E-state index is 0.219. The second-order valence-corrected chi connectivity index (χ2v) is 4.52. The van der Waals surface area contributed by atoms with Gasteiger partial charge in [0.25, 0.3) is 0 Å². The predicted octanol–water partition coefficient (Wildman–Crippen LogP) is 2.55. The predicted molar refractivity (Wildman–Crippen MR) is 69.8 cm³/mol. The highest BCUT2D eigenvalue weighted by Crippen LogP contribution is 2.28. The Balaban J connectivity index is 2.06. The maximum Gasteiger partial charge on any atom is 0.143 e. The molecule has 0 spiro atoms. The normalized spacial score (nSPS) is 22.5. The van der Waals surface area contributed by atoms with Gasteiger partial charge in [0.1, 0.15) is 11.8 Å². The molecule has 1 N–H and O–H groups in total. The van der Waals surface area contributed by atoms with Gasteiger partial charge in [-0.15, -0.1) is 0 Å². The van der Waals surface area contributed by atoms with E-state index in [-0.39, 0.29) is 6.10 Å². The number of anilines is 1. The van der Waals surface area contributed by atoms with Gasteiger partial charge < -0.3 is 14.8 Å². The molecule has 0 aliphatic carbocycles. The van der Waals surface area contributed by atoms with Crippen LogP contribution in [0.1, 0.15) is 25.3 Å². The van der Waals surface area contributed by atoms with Gasteiger partial charge in [-0.1, -0.05) is 6.07 Å². The standard InChI is InChI=1S/C14H18N2O2/c1-10-6-7-12(18-10)9-16-14-11(8-15)4-3-5-13(14)17-2/h3-5,10,12,16H,6-7,9H2,1-2H3.